The number of hydrogen-bond donors (Lipinski definition) is 5. The molecule has 24 heavy (non-hydrogen) atoms. The van der Waals surface area contributed by atoms with Crippen molar-refractivity contribution in [1.29, 1.82) is 0 Å². The molecule has 5 N–H and O–H groups in total. The normalized spacial score (nSPS) is 30.9. The van der Waals surface area contributed by atoms with E-state index >= 15 is 0 Å². The fourth-order valence-electron chi connectivity index (χ4n) is 2.64. The Morgan fingerprint density at radius 1 is 1.12 bits per heavy atom. The average Bonchev–Trinajstić information content (AvgIpc) is 2.61. The van der Waals surface area contributed by atoms with Crippen molar-refractivity contribution in [3.63, 3.8) is 0 Å². The van der Waals surface area contributed by atoms with Crippen LogP contribution >= 0.6 is 0 Å². The van der Waals surface area contributed by atoms with Gasteiger partial charge in [0.1, 0.15) is 12.2 Å². The smallest absolute Gasteiger partial charge is 0.331 e. The minimum atomic E-state index is -1.26. The maximum atomic E-state index is 11.9. The predicted octanol–water partition coefficient (Wildman–Crippen LogP) is 0.535. The van der Waals surface area contributed by atoms with Gasteiger partial charge in [-0.25, -0.2) is 4.79 Å². The van der Waals surface area contributed by atoms with Gasteiger partial charge in [0.05, 0.1) is 12.2 Å². The van der Waals surface area contributed by atoms with Crippen LogP contribution in [0.4, 0.5) is 0 Å². The molecule has 0 saturated heterocycles. The lowest BCUT2D eigenvalue weighted by molar-refractivity contribution is -0.154. The SMILES string of the molecule is CC1CC(OC(=O)/C=C/c2ccc(O)c(O)c2)C(O)C(O)CC1O. The van der Waals surface area contributed by atoms with Crippen molar-refractivity contribution >= 4 is 12.0 Å². The van der Waals surface area contributed by atoms with Crippen molar-refractivity contribution in [2.45, 2.75) is 44.2 Å². The van der Waals surface area contributed by atoms with Crippen molar-refractivity contribution in [2.75, 3.05) is 0 Å². The van der Waals surface area contributed by atoms with Crippen LogP contribution in [0.1, 0.15) is 25.3 Å². The molecule has 132 valence electrons. The largest absolute Gasteiger partial charge is 0.504 e. The quantitative estimate of drug-likeness (QED) is 0.235. The minimum absolute atomic E-state index is 0.0268. The molecule has 0 radical (unpaired) electrons. The van der Waals surface area contributed by atoms with Gasteiger partial charge < -0.3 is 30.3 Å². The number of hydrogen-bond acceptors (Lipinski definition) is 7. The van der Waals surface area contributed by atoms with Crippen LogP contribution in [-0.4, -0.2) is 55.9 Å². The summed E-state index contributed by atoms with van der Waals surface area (Å²) in [6.07, 6.45) is -1.35. The Hall–Kier alpha value is -2.09. The van der Waals surface area contributed by atoms with Crippen molar-refractivity contribution in [3.05, 3.63) is 29.8 Å². The van der Waals surface area contributed by atoms with Crippen LogP contribution in [0.3, 0.4) is 0 Å². The lowest BCUT2D eigenvalue weighted by atomic mass is 9.99. The van der Waals surface area contributed by atoms with Gasteiger partial charge in [0, 0.05) is 12.5 Å². The minimum Gasteiger partial charge on any atom is -0.504 e. The van der Waals surface area contributed by atoms with Crippen LogP contribution in [0.25, 0.3) is 6.08 Å². The van der Waals surface area contributed by atoms with Crippen molar-refractivity contribution < 1.29 is 35.1 Å². The lowest BCUT2D eigenvalue weighted by Gasteiger charge is -2.23. The zero-order chi connectivity index (χ0) is 17.9. The van der Waals surface area contributed by atoms with E-state index in [4.69, 9.17) is 4.74 Å². The Kier molecular flexibility index (Phi) is 5.82. The number of rotatable bonds is 3. The molecule has 1 aromatic rings. The van der Waals surface area contributed by atoms with E-state index in [0.29, 0.717) is 5.56 Å². The molecule has 1 saturated carbocycles. The molecule has 1 aliphatic rings. The fourth-order valence-corrected chi connectivity index (χ4v) is 2.64. The van der Waals surface area contributed by atoms with Gasteiger partial charge in [0.25, 0.3) is 0 Å². The molecule has 5 atom stereocenters. The highest BCUT2D eigenvalue weighted by Crippen LogP contribution is 2.27. The summed E-state index contributed by atoms with van der Waals surface area (Å²) < 4.78 is 5.19. The molecule has 1 aromatic carbocycles. The number of aliphatic hydroxyl groups excluding tert-OH is 3. The topological polar surface area (TPSA) is 127 Å². The number of aliphatic hydroxyl groups is 3. The summed E-state index contributed by atoms with van der Waals surface area (Å²) in [5.74, 6) is -1.52. The van der Waals surface area contributed by atoms with Crippen LogP contribution in [0, 0.1) is 5.92 Å². The van der Waals surface area contributed by atoms with E-state index in [2.05, 4.69) is 0 Å². The number of carbonyl (C=O) groups is 1. The zero-order valence-electron chi connectivity index (χ0n) is 13.2. The van der Waals surface area contributed by atoms with Gasteiger partial charge in [-0.15, -0.1) is 0 Å². The monoisotopic (exact) mass is 338 g/mol. The first-order valence-electron chi connectivity index (χ1n) is 7.72. The molecule has 1 aliphatic carbocycles. The molecule has 0 amide bonds. The molecule has 1 fully saturated rings. The number of phenolic OH excluding ortho intramolecular Hbond substituents is 2. The molecular formula is C17H22O7. The van der Waals surface area contributed by atoms with E-state index in [0.717, 1.165) is 6.08 Å². The third-order valence-corrected chi connectivity index (χ3v) is 4.20. The maximum Gasteiger partial charge on any atom is 0.331 e. The van der Waals surface area contributed by atoms with Crippen LogP contribution in [-0.2, 0) is 9.53 Å². The summed E-state index contributed by atoms with van der Waals surface area (Å²) in [6, 6.07) is 4.07. The van der Waals surface area contributed by atoms with E-state index in [9.17, 15) is 30.3 Å². The van der Waals surface area contributed by atoms with Gasteiger partial charge in [0.2, 0.25) is 0 Å². The summed E-state index contributed by atoms with van der Waals surface area (Å²) >= 11 is 0. The number of esters is 1. The maximum absolute atomic E-state index is 11.9. The summed E-state index contributed by atoms with van der Waals surface area (Å²) in [5, 5.41) is 48.3. The third-order valence-electron chi connectivity index (χ3n) is 4.20. The standard InChI is InChI=1S/C17H22O7/c1-9-6-15(17(23)14(21)8-12(9)19)24-16(22)5-3-10-2-4-11(18)13(20)7-10/h2-5,7,9,12,14-15,17-21,23H,6,8H2,1H3/b5-3+. The van der Waals surface area contributed by atoms with Gasteiger partial charge in [0.15, 0.2) is 11.5 Å². The molecule has 0 heterocycles. The highest BCUT2D eigenvalue weighted by molar-refractivity contribution is 5.87. The van der Waals surface area contributed by atoms with Gasteiger partial charge in [-0.2, -0.15) is 0 Å². The van der Waals surface area contributed by atoms with E-state index in [-0.39, 0.29) is 30.3 Å². The molecule has 5 unspecified atom stereocenters. The summed E-state index contributed by atoms with van der Waals surface area (Å²) in [4.78, 5) is 11.9. The average molecular weight is 338 g/mol. The van der Waals surface area contributed by atoms with Crippen molar-refractivity contribution in [1.82, 2.24) is 0 Å². The molecular weight excluding hydrogens is 316 g/mol. The molecule has 7 nitrogen and oxygen atoms in total. The molecule has 2 rings (SSSR count). The van der Waals surface area contributed by atoms with Crippen LogP contribution in [0.5, 0.6) is 11.5 Å². The second-order valence-corrected chi connectivity index (χ2v) is 6.13. The Labute approximate surface area is 139 Å². The Morgan fingerprint density at radius 3 is 2.50 bits per heavy atom. The molecule has 0 aliphatic heterocycles. The first kappa shape index (κ1) is 18.3. The van der Waals surface area contributed by atoms with E-state index in [1.54, 1.807) is 6.92 Å². The van der Waals surface area contributed by atoms with E-state index in [1.165, 1.54) is 24.3 Å². The molecule has 7 heteroatoms. The van der Waals surface area contributed by atoms with Crippen LogP contribution in [0.2, 0.25) is 0 Å². The highest BCUT2D eigenvalue weighted by Gasteiger charge is 2.37. The van der Waals surface area contributed by atoms with Gasteiger partial charge in [-0.3, -0.25) is 0 Å². The second kappa shape index (κ2) is 7.65. The first-order valence-corrected chi connectivity index (χ1v) is 7.72. The predicted molar refractivity (Wildman–Crippen MR) is 85.1 cm³/mol. The highest BCUT2D eigenvalue weighted by atomic mass is 16.6. The summed E-state index contributed by atoms with van der Waals surface area (Å²) in [5.41, 5.74) is 0.479. The van der Waals surface area contributed by atoms with Crippen molar-refractivity contribution in [2.24, 2.45) is 5.92 Å². The lowest BCUT2D eigenvalue weighted by Crippen LogP contribution is -2.39. The molecule has 0 bridgehead atoms. The number of benzene rings is 1. The molecule has 0 spiro atoms. The zero-order valence-corrected chi connectivity index (χ0v) is 13.2. The summed E-state index contributed by atoms with van der Waals surface area (Å²) in [7, 11) is 0. The van der Waals surface area contributed by atoms with Crippen LogP contribution in [0.15, 0.2) is 24.3 Å². The number of aromatic hydroxyl groups is 2. The number of phenols is 2. The van der Waals surface area contributed by atoms with E-state index in [1.807, 2.05) is 0 Å². The van der Waals surface area contributed by atoms with Gasteiger partial charge in [-0.05, 0) is 36.1 Å². The van der Waals surface area contributed by atoms with Gasteiger partial charge >= 0.3 is 5.97 Å². The van der Waals surface area contributed by atoms with E-state index < -0.39 is 30.4 Å². The third kappa shape index (κ3) is 4.47. The molecule has 0 aromatic heterocycles. The number of carbonyl (C=O) groups excluding carboxylic acids is 1. The Bertz CT molecular complexity index is 613. The van der Waals surface area contributed by atoms with Crippen molar-refractivity contribution in [3.8, 4) is 11.5 Å². The fraction of sp³-hybridized carbons (Fsp3) is 0.471. The summed E-state index contributed by atoms with van der Waals surface area (Å²) in [6.45, 7) is 1.76. The van der Waals surface area contributed by atoms with Crippen LogP contribution < -0.4 is 0 Å². The van der Waals surface area contributed by atoms with Gasteiger partial charge in [-0.1, -0.05) is 13.0 Å². The Balaban J connectivity index is 2.02. The first-order chi connectivity index (χ1) is 11.3. The number of ether oxygens (including phenoxy) is 1. The Morgan fingerprint density at radius 2 is 1.83 bits per heavy atom. The second-order valence-electron chi connectivity index (χ2n) is 6.13.